The van der Waals surface area contributed by atoms with Crippen molar-refractivity contribution >= 4 is 11.5 Å². The molecule has 1 aliphatic heterocycles. The molecular formula is C20H25N7O. The molecule has 3 aromatic heterocycles. The van der Waals surface area contributed by atoms with Crippen LogP contribution in [0.5, 0.6) is 5.88 Å². The van der Waals surface area contributed by atoms with E-state index in [4.69, 9.17) is 9.84 Å². The Morgan fingerprint density at radius 1 is 1.18 bits per heavy atom. The summed E-state index contributed by atoms with van der Waals surface area (Å²) in [7, 11) is 0. The molecular weight excluding hydrogens is 354 g/mol. The quantitative estimate of drug-likeness (QED) is 0.689. The molecule has 0 aromatic carbocycles. The van der Waals surface area contributed by atoms with Gasteiger partial charge in [0.15, 0.2) is 11.5 Å². The van der Waals surface area contributed by atoms with E-state index < -0.39 is 0 Å². The predicted octanol–water partition coefficient (Wildman–Crippen LogP) is 2.53. The summed E-state index contributed by atoms with van der Waals surface area (Å²) in [6.07, 6.45) is 5.28. The number of fused-ring (bicyclic) bond motifs is 2. The predicted molar refractivity (Wildman–Crippen MR) is 105 cm³/mol. The molecule has 4 heterocycles. The molecule has 0 spiro atoms. The molecule has 1 saturated carbocycles. The molecule has 0 N–H and O–H groups in total. The van der Waals surface area contributed by atoms with Crippen LogP contribution in [0.2, 0.25) is 0 Å². The van der Waals surface area contributed by atoms with E-state index in [2.05, 4.69) is 31.1 Å². The van der Waals surface area contributed by atoms with Crippen molar-refractivity contribution in [2.24, 2.45) is 11.3 Å². The summed E-state index contributed by atoms with van der Waals surface area (Å²) in [4.78, 5) is 11.0. The number of aryl methyl sites for hydroxylation is 2. The third-order valence-corrected chi connectivity index (χ3v) is 6.55. The average Bonchev–Trinajstić information content (AvgIpc) is 3.35. The second-order valence-electron chi connectivity index (χ2n) is 8.22. The smallest absolute Gasteiger partial charge is 0.219 e. The lowest BCUT2D eigenvalue weighted by Gasteiger charge is -2.29. The molecule has 0 radical (unpaired) electrons. The summed E-state index contributed by atoms with van der Waals surface area (Å²) < 4.78 is 8.06. The highest BCUT2D eigenvalue weighted by Gasteiger charge is 2.50. The highest BCUT2D eigenvalue weighted by atomic mass is 16.5. The number of anilines is 1. The second-order valence-corrected chi connectivity index (χ2v) is 8.22. The standard InChI is InChI=1S/C20H25N7O/c1-13-14(2)21-12-22-19(13)28-11-20-8-4-5-16(20)9-26(10-20)18-7-6-17-24-23-15(3)27(17)25-18/h6-7,12,16H,4-5,8-11H2,1-3H3. The number of hydrogen-bond donors (Lipinski definition) is 0. The minimum absolute atomic E-state index is 0.157. The van der Waals surface area contributed by atoms with Crippen LogP contribution in [0.15, 0.2) is 18.5 Å². The zero-order chi connectivity index (χ0) is 19.3. The van der Waals surface area contributed by atoms with Crippen molar-refractivity contribution in [3.63, 3.8) is 0 Å². The van der Waals surface area contributed by atoms with Crippen LogP contribution >= 0.6 is 0 Å². The van der Waals surface area contributed by atoms with Gasteiger partial charge >= 0.3 is 0 Å². The van der Waals surface area contributed by atoms with Crippen molar-refractivity contribution in [1.82, 2.24) is 29.8 Å². The third kappa shape index (κ3) is 2.70. The van der Waals surface area contributed by atoms with Crippen molar-refractivity contribution in [1.29, 1.82) is 0 Å². The summed E-state index contributed by atoms with van der Waals surface area (Å²) in [6.45, 7) is 8.62. The average molecular weight is 379 g/mol. The molecule has 146 valence electrons. The van der Waals surface area contributed by atoms with Crippen molar-refractivity contribution in [3.05, 3.63) is 35.5 Å². The Labute approximate surface area is 164 Å². The largest absolute Gasteiger partial charge is 0.477 e. The highest BCUT2D eigenvalue weighted by molar-refractivity contribution is 5.47. The SMILES string of the molecule is Cc1ncnc(OCC23CCCC2CN(c2ccc4nnc(C)n4n2)C3)c1C. The van der Waals surface area contributed by atoms with E-state index in [0.29, 0.717) is 18.4 Å². The summed E-state index contributed by atoms with van der Waals surface area (Å²) >= 11 is 0. The molecule has 1 saturated heterocycles. The first-order chi connectivity index (χ1) is 13.6. The minimum atomic E-state index is 0.157. The lowest BCUT2D eigenvalue weighted by Crippen LogP contribution is -2.34. The number of hydrogen-bond acceptors (Lipinski definition) is 7. The Balaban J connectivity index is 1.38. The maximum atomic E-state index is 6.24. The van der Waals surface area contributed by atoms with Crippen molar-refractivity contribution in [2.45, 2.75) is 40.0 Å². The molecule has 2 fully saturated rings. The van der Waals surface area contributed by atoms with E-state index in [9.17, 15) is 0 Å². The van der Waals surface area contributed by atoms with Crippen LogP contribution in [-0.2, 0) is 0 Å². The monoisotopic (exact) mass is 379 g/mol. The van der Waals surface area contributed by atoms with Gasteiger partial charge in [0.2, 0.25) is 5.88 Å². The summed E-state index contributed by atoms with van der Waals surface area (Å²) in [6, 6.07) is 4.05. The Morgan fingerprint density at radius 3 is 2.96 bits per heavy atom. The zero-order valence-corrected chi connectivity index (χ0v) is 16.6. The first kappa shape index (κ1) is 17.3. The molecule has 0 bridgehead atoms. The molecule has 8 nitrogen and oxygen atoms in total. The zero-order valence-electron chi connectivity index (χ0n) is 16.6. The van der Waals surface area contributed by atoms with E-state index in [1.807, 2.05) is 31.4 Å². The number of rotatable bonds is 4. The number of aromatic nitrogens is 6. The maximum absolute atomic E-state index is 6.24. The van der Waals surface area contributed by atoms with E-state index in [1.165, 1.54) is 19.3 Å². The first-order valence-electron chi connectivity index (χ1n) is 9.91. The molecule has 0 amide bonds. The Bertz CT molecular complexity index is 1030. The van der Waals surface area contributed by atoms with E-state index in [-0.39, 0.29) is 5.41 Å². The fraction of sp³-hybridized carbons (Fsp3) is 0.550. The van der Waals surface area contributed by atoms with Gasteiger partial charge in [-0.25, -0.2) is 9.97 Å². The van der Waals surface area contributed by atoms with Gasteiger partial charge in [-0.2, -0.15) is 4.52 Å². The van der Waals surface area contributed by atoms with Gasteiger partial charge in [0.25, 0.3) is 0 Å². The van der Waals surface area contributed by atoms with E-state index in [1.54, 1.807) is 6.33 Å². The van der Waals surface area contributed by atoms with Gasteiger partial charge in [0.05, 0.1) is 6.61 Å². The highest BCUT2D eigenvalue weighted by Crippen LogP contribution is 2.49. The molecule has 3 aromatic rings. The van der Waals surface area contributed by atoms with Crippen molar-refractivity contribution in [2.75, 3.05) is 24.6 Å². The normalized spacial score (nSPS) is 24.1. The van der Waals surface area contributed by atoms with Gasteiger partial charge in [-0.1, -0.05) is 6.42 Å². The van der Waals surface area contributed by atoms with Gasteiger partial charge in [0.1, 0.15) is 12.1 Å². The molecule has 5 rings (SSSR count). The molecule has 2 aliphatic rings. The van der Waals surface area contributed by atoms with Gasteiger partial charge in [-0.3, -0.25) is 0 Å². The van der Waals surface area contributed by atoms with Crippen molar-refractivity contribution < 1.29 is 4.74 Å². The van der Waals surface area contributed by atoms with Gasteiger partial charge in [-0.05, 0) is 51.7 Å². The Hall–Kier alpha value is -2.77. The van der Waals surface area contributed by atoms with Gasteiger partial charge in [0, 0.05) is 29.8 Å². The van der Waals surface area contributed by atoms with Gasteiger partial charge in [-0.15, -0.1) is 15.3 Å². The second kappa shape index (κ2) is 6.39. The van der Waals surface area contributed by atoms with Gasteiger partial charge < -0.3 is 9.64 Å². The summed E-state index contributed by atoms with van der Waals surface area (Å²) in [5, 5.41) is 13.0. The first-order valence-corrected chi connectivity index (χ1v) is 9.91. The van der Waals surface area contributed by atoms with Crippen molar-refractivity contribution in [3.8, 4) is 5.88 Å². The maximum Gasteiger partial charge on any atom is 0.219 e. The Morgan fingerprint density at radius 2 is 2.07 bits per heavy atom. The third-order valence-electron chi connectivity index (χ3n) is 6.55. The fourth-order valence-electron chi connectivity index (χ4n) is 4.75. The van der Waals surface area contributed by atoms with Crippen LogP contribution in [0.25, 0.3) is 5.65 Å². The molecule has 2 unspecified atom stereocenters. The van der Waals surface area contributed by atoms with Crippen LogP contribution in [0.4, 0.5) is 5.82 Å². The van der Waals surface area contributed by atoms with Crippen LogP contribution in [-0.4, -0.2) is 49.5 Å². The van der Waals surface area contributed by atoms with Crippen LogP contribution in [0.3, 0.4) is 0 Å². The van der Waals surface area contributed by atoms with Crippen LogP contribution < -0.4 is 9.64 Å². The van der Waals surface area contributed by atoms with Crippen LogP contribution in [0, 0.1) is 32.1 Å². The molecule has 1 aliphatic carbocycles. The molecule has 8 heteroatoms. The number of nitrogens with zero attached hydrogens (tertiary/aromatic N) is 7. The summed E-state index contributed by atoms with van der Waals surface area (Å²) in [5.74, 6) is 3.13. The van der Waals surface area contributed by atoms with Crippen LogP contribution in [0.1, 0.15) is 36.3 Å². The number of ether oxygens (including phenoxy) is 1. The molecule has 28 heavy (non-hydrogen) atoms. The van der Waals surface area contributed by atoms with E-state index >= 15 is 0 Å². The molecule has 2 atom stereocenters. The Kier molecular flexibility index (Phi) is 3.96. The van der Waals surface area contributed by atoms with E-state index in [0.717, 1.165) is 41.6 Å². The lowest BCUT2D eigenvalue weighted by molar-refractivity contribution is 0.133. The lowest BCUT2D eigenvalue weighted by atomic mass is 9.81. The summed E-state index contributed by atoms with van der Waals surface area (Å²) in [5.41, 5.74) is 2.94. The topological polar surface area (TPSA) is 81.3 Å². The fourth-order valence-corrected chi connectivity index (χ4v) is 4.75. The minimum Gasteiger partial charge on any atom is -0.477 e.